The van der Waals surface area contributed by atoms with Crippen LogP contribution in [0.2, 0.25) is 0 Å². The summed E-state index contributed by atoms with van der Waals surface area (Å²) in [6.45, 7) is 4.59. The molecule has 3 atom stereocenters. The summed E-state index contributed by atoms with van der Waals surface area (Å²) < 4.78 is 30.2. The number of benzene rings is 2. The largest absolute Gasteiger partial charge is 0.491 e. The molecule has 0 bridgehead atoms. The lowest BCUT2D eigenvalue weighted by Crippen LogP contribution is -2.49. The number of anilines is 2. The number of hydrogen-bond donors (Lipinski definition) is 2. The molecule has 2 N–H and O–H groups in total. The predicted octanol–water partition coefficient (Wildman–Crippen LogP) is 3.45. The third kappa shape index (κ3) is 7.42. The molecule has 0 fully saturated rings. The summed E-state index contributed by atoms with van der Waals surface area (Å²) in [7, 11) is 4.70. The molecule has 0 unspecified atom stereocenters. The van der Waals surface area contributed by atoms with Crippen LogP contribution in [0.1, 0.15) is 24.2 Å². The highest BCUT2D eigenvalue weighted by molar-refractivity contribution is 6.02. The average molecular weight is 531 g/mol. The molecule has 2 aromatic rings. The molecule has 4 amide bonds. The average Bonchev–Trinajstić information content (AvgIpc) is 2.88. The fourth-order valence-electron chi connectivity index (χ4n) is 4.27. The first-order valence-electron chi connectivity index (χ1n) is 12.3. The fraction of sp³-hybridized carbons (Fsp3) is 0.444. The molecule has 0 saturated carbocycles. The molecular weight excluding hydrogens is 495 g/mol. The standard InChI is InChI=1S/C27H35FN4O6/c1-17-13-32(25(33)16-36-4)18(2)15-38-23-10-9-21(12-22(23)26(34)31(3)14-24(17)37-5)30-27(35)29-20-8-6-7-19(28)11-20/h6-12,17-18,24H,13-16H2,1-5H3,(H2,29,30,35)/t17-,18+,24-/m1/s1. The lowest BCUT2D eigenvalue weighted by atomic mass is 10.0. The van der Waals surface area contributed by atoms with E-state index in [0.717, 1.165) is 0 Å². The van der Waals surface area contributed by atoms with E-state index in [9.17, 15) is 18.8 Å². The molecule has 2 aromatic carbocycles. The number of carbonyl (C=O) groups is 3. The van der Waals surface area contributed by atoms with Gasteiger partial charge in [-0.05, 0) is 43.3 Å². The van der Waals surface area contributed by atoms with Crippen LogP contribution < -0.4 is 15.4 Å². The topological polar surface area (TPSA) is 109 Å². The maximum Gasteiger partial charge on any atom is 0.323 e. The maximum absolute atomic E-state index is 13.5. The van der Waals surface area contributed by atoms with Crippen LogP contribution in [0.3, 0.4) is 0 Å². The van der Waals surface area contributed by atoms with Crippen LogP contribution in [-0.4, -0.2) is 87.4 Å². The summed E-state index contributed by atoms with van der Waals surface area (Å²) >= 11 is 0. The molecule has 1 aliphatic heterocycles. The van der Waals surface area contributed by atoms with Crippen LogP contribution >= 0.6 is 0 Å². The Labute approximate surface area is 222 Å². The van der Waals surface area contributed by atoms with Gasteiger partial charge in [-0.25, -0.2) is 9.18 Å². The van der Waals surface area contributed by atoms with E-state index < -0.39 is 11.8 Å². The van der Waals surface area contributed by atoms with Crippen LogP contribution in [0.5, 0.6) is 5.75 Å². The van der Waals surface area contributed by atoms with E-state index in [1.165, 1.54) is 36.3 Å². The van der Waals surface area contributed by atoms with Crippen molar-refractivity contribution in [1.82, 2.24) is 9.80 Å². The molecule has 0 aromatic heterocycles. The van der Waals surface area contributed by atoms with Crippen molar-refractivity contribution in [2.75, 3.05) is 58.2 Å². The summed E-state index contributed by atoms with van der Waals surface area (Å²) in [5, 5.41) is 5.22. The Morgan fingerprint density at radius 3 is 2.45 bits per heavy atom. The van der Waals surface area contributed by atoms with Crippen LogP contribution in [0.4, 0.5) is 20.6 Å². The van der Waals surface area contributed by atoms with Crippen molar-refractivity contribution in [2.45, 2.75) is 26.0 Å². The number of likely N-dealkylation sites (N-methyl/N-ethyl adjacent to an activating group) is 1. The Bertz CT molecular complexity index is 1150. The zero-order valence-electron chi connectivity index (χ0n) is 22.3. The van der Waals surface area contributed by atoms with Gasteiger partial charge in [0, 0.05) is 51.6 Å². The van der Waals surface area contributed by atoms with E-state index in [2.05, 4.69) is 10.6 Å². The van der Waals surface area contributed by atoms with Gasteiger partial charge in [0.2, 0.25) is 5.91 Å². The molecule has 1 heterocycles. The van der Waals surface area contributed by atoms with Gasteiger partial charge in [0.05, 0.1) is 17.7 Å². The molecule has 38 heavy (non-hydrogen) atoms. The third-order valence-corrected chi connectivity index (χ3v) is 6.37. The minimum atomic E-state index is -0.598. The second-order valence-electron chi connectivity index (χ2n) is 9.38. The summed E-state index contributed by atoms with van der Waals surface area (Å²) in [5.41, 5.74) is 0.868. The lowest BCUT2D eigenvalue weighted by Gasteiger charge is -2.36. The van der Waals surface area contributed by atoms with E-state index in [-0.39, 0.29) is 60.9 Å². The van der Waals surface area contributed by atoms with Gasteiger partial charge in [-0.1, -0.05) is 13.0 Å². The number of amides is 4. The smallest absolute Gasteiger partial charge is 0.323 e. The Balaban J connectivity index is 1.88. The second kappa shape index (κ2) is 13.2. The zero-order chi connectivity index (χ0) is 27.8. The molecule has 11 heteroatoms. The number of ether oxygens (including phenoxy) is 3. The van der Waals surface area contributed by atoms with Crippen molar-refractivity contribution >= 4 is 29.2 Å². The number of methoxy groups -OCH3 is 2. The molecule has 0 radical (unpaired) electrons. The zero-order valence-corrected chi connectivity index (χ0v) is 22.3. The van der Waals surface area contributed by atoms with Gasteiger partial charge in [0.15, 0.2) is 0 Å². The maximum atomic E-state index is 13.5. The van der Waals surface area contributed by atoms with Crippen LogP contribution in [0.15, 0.2) is 42.5 Å². The van der Waals surface area contributed by atoms with E-state index in [1.54, 1.807) is 37.3 Å². The van der Waals surface area contributed by atoms with Gasteiger partial charge in [-0.3, -0.25) is 9.59 Å². The highest BCUT2D eigenvalue weighted by Crippen LogP contribution is 2.27. The predicted molar refractivity (Wildman–Crippen MR) is 141 cm³/mol. The number of carbonyl (C=O) groups excluding carboxylic acids is 3. The Morgan fingerprint density at radius 2 is 1.79 bits per heavy atom. The fourth-order valence-corrected chi connectivity index (χ4v) is 4.27. The highest BCUT2D eigenvalue weighted by atomic mass is 19.1. The van der Waals surface area contributed by atoms with Crippen molar-refractivity contribution in [3.05, 3.63) is 53.8 Å². The third-order valence-electron chi connectivity index (χ3n) is 6.37. The van der Waals surface area contributed by atoms with Gasteiger partial charge < -0.3 is 34.6 Å². The first kappa shape index (κ1) is 28.9. The normalized spacial score (nSPS) is 20.5. The number of fused-ring (bicyclic) bond motifs is 1. The summed E-state index contributed by atoms with van der Waals surface area (Å²) in [4.78, 5) is 42.0. The number of nitrogens with zero attached hydrogens (tertiary/aromatic N) is 2. The SMILES string of the molecule is COCC(=O)N1C[C@@H](C)[C@H](OC)CN(C)C(=O)c2cc(NC(=O)Nc3cccc(F)c3)ccc2OC[C@@H]1C. The quantitative estimate of drug-likeness (QED) is 0.613. The Hall–Kier alpha value is -3.70. The van der Waals surface area contributed by atoms with Crippen LogP contribution in [-0.2, 0) is 14.3 Å². The van der Waals surface area contributed by atoms with Gasteiger partial charge in [-0.15, -0.1) is 0 Å². The van der Waals surface area contributed by atoms with Gasteiger partial charge >= 0.3 is 6.03 Å². The molecular formula is C27H35FN4O6. The van der Waals surface area contributed by atoms with Gasteiger partial charge in [-0.2, -0.15) is 0 Å². The van der Waals surface area contributed by atoms with E-state index in [0.29, 0.717) is 18.0 Å². The van der Waals surface area contributed by atoms with Crippen molar-refractivity contribution in [1.29, 1.82) is 0 Å². The molecule has 0 aliphatic carbocycles. The number of rotatable bonds is 5. The summed E-state index contributed by atoms with van der Waals surface area (Å²) in [6.07, 6.45) is -0.337. The van der Waals surface area contributed by atoms with Crippen molar-refractivity contribution in [3.63, 3.8) is 0 Å². The number of hydrogen-bond acceptors (Lipinski definition) is 6. The molecule has 0 spiro atoms. The minimum absolute atomic E-state index is 0.0591. The summed E-state index contributed by atoms with van der Waals surface area (Å²) in [6, 6.07) is 9.32. The summed E-state index contributed by atoms with van der Waals surface area (Å²) in [5.74, 6) is -0.739. The number of urea groups is 1. The van der Waals surface area contributed by atoms with Crippen molar-refractivity contribution in [3.8, 4) is 5.75 Å². The molecule has 206 valence electrons. The van der Waals surface area contributed by atoms with Gasteiger partial charge in [0.1, 0.15) is 24.8 Å². The van der Waals surface area contributed by atoms with E-state index >= 15 is 0 Å². The number of halogens is 1. The number of nitrogens with one attached hydrogen (secondary N) is 2. The lowest BCUT2D eigenvalue weighted by molar-refractivity contribution is -0.139. The van der Waals surface area contributed by atoms with Crippen molar-refractivity contribution in [2.24, 2.45) is 5.92 Å². The Kier molecular flexibility index (Phi) is 10.0. The van der Waals surface area contributed by atoms with Crippen molar-refractivity contribution < 1.29 is 33.0 Å². The first-order valence-corrected chi connectivity index (χ1v) is 12.3. The minimum Gasteiger partial charge on any atom is -0.491 e. The molecule has 1 aliphatic rings. The van der Waals surface area contributed by atoms with E-state index in [1.807, 2.05) is 13.8 Å². The first-order chi connectivity index (χ1) is 18.1. The molecule has 3 rings (SSSR count). The van der Waals surface area contributed by atoms with Gasteiger partial charge in [0.25, 0.3) is 5.91 Å². The van der Waals surface area contributed by atoms with Crippen LogP contribution in [0.25, 0.3) is 0 Å². The second-order valence-corrected chi connectivity index (χ2v) is 9.38. The molecule has 0 saturated heterocycles. The molecule has 10 nitrogen and oxygen atoms in total. The van der Waals surface area contributed by atoms with Crippen LogP contribution in [0, 0.1) is 11.7 Å². The highest BCUT2D eigenvalue weighted by Gasteiger charge is 2.30. The van der Waals surface area contributed by atoms with E-state index in [4.69, 9.17) is 14.2 Å². The monoisotopic (exact) mass is 530 g/mol. The Morgan fingerprint density at radius 1 is 1.08 bits per heavy atom.